The number of anilines is 1. The molecule has 1 aliphatic rings. The third-order valence-corrected chi connectivity index (χ3v) is 2.46. The number of hydrogen-bond acceptors (Lipinski definition) is 2. The normalized spacial score (nSPS) is 21.1. The van der Waals surface area contributed by atoms with Crippen molar-refractivity contribution in [1.29, 1.82) is 0 Å². The molecule has 1 fully saturated rings. The maximum Gasteiger partial charge on any atom is 0.243 e. The lowest BCUT2D eigenvalue weighted by Gasteiger charge is -2.15. The lowest BCUT2D eigenvalue weighted by Crippen LogP contribution is -2.34. The van der Waals surface area contributed by atoms with Crippen molar-refractivity contribution in [2.75, 3.05) is 11.4 Å². The van der Waals surface area contributed by atoms with Crippen LogP contribution in [0.5, 0.6) is 0 Å². The van der Waals surface area contributed by atoms with Crippen LogP contribution in [0.3, 0.4) is 0 Å². The molecule has 1 atom stereocenters. The molecule has 80 valence electrons. The standard InChI is InChI=1S/C10H10F2N2O/c11-7-2-1-6(5-8(7)12)14-4-3-9(13)10(14)15/h1-2,5,9H,3-4,13H2. The van der Waals surface area contributed by atoms with E-state index < -0.39 is 17.7 Å². The van der Waals surface area contributed by atoms with Crippen LogP contribution in [0.4, 0.5) is 14.5 Å². The molecule has 0 saturated carbocycles. The quantitative estimate of drug-likeness (QED) is 0.755. The van der Waals surface area contributed by atoms with Crippen LogP contribution in [0.2, 0.25) is 0 Å². The monoisotopic (exact) mass is 212 g/mol. The Morgan fingerprint density at radius 3 is 2.60 bits per heavy atom. The summed E-state index contributed by atoms with van der Waals surface area (Å²) in [6.45, 7) is 0.449. The van der Waals surface area contributed by atoms with E-state index in [9.17, 15) is 13.6 Å². The van der Waals surface area contributed by atoms with Crippen LogP contribution in [0.25, 0.3) is 0 Å². The molecule has 1 aromatic carbocycles. The van der Waals surface area contributed by atoms with Crippen LogP contribution in [0, 0.1) is 11.6 Å². The summed E-state index contributed by atoms with van der Waals surface area (Å²) >= 11 is 0. The van der Waals surface area contributed by atoms with Crippen LogP contribution < -0.4 is 10.6 Å². The van der Waals surface area contributed by atoms with E-state index in [0.717, 1.165) is 12.1 Å². The first-order chi connectivity index (χ1) is 7.09. The molecule has 2 N–H and O–H groups in total. The van der Waals surface area contributed by atoms with E-state index in [1.165, 1.54) is 11.0 Å². The first kappa shape index (κ1) is 10.0. The highest BCUT2D eigenvalue weighted by molar-refractivity contribution is 5.99. The fraction of sp³-hybridized carbons (Fsp3) is 0.300. The highest BCUT2D eigenvalue weighted by atomic mass is 19.2. The molecule has 0 aliphatic carbocycles. The minimum atomic E-state index is -0.958. The van der Waals surface area contributed by atoms with Gasteiger partial charge >= 0.3 is 0 Å². The number of amides is 1. The first-order valence-corrected chi connectivity index (χ1v) is 4.61. The molecule has 3 nitrogen and oxygen atoms in total. The summed E-state index contributed by atoms with van der Waals surface area (Å²) in [6, 6.07) is 2.85. The Labute approximate surface area is 85.5 Å². The van der Waals surface area contributed by atoms with Gasteiger partial charge < -0.3 is 10.6 Å². The van der Waals surface area contributed by atoms with Gasteiger partial charge in [-0.2, -0.15) is 0 Å². The van der Waals surface area contributed by atoms with Crippen LogP contribution >= 0.6 is 0 Å². The van der Waals surface area contributed by atoms with Crippen molar-refractivity contribution in [2.45, 2.75) is 12.5 Å². The zero-order chi connectivity index (χ0) is 11.0. The molecule has 15 heavy (non-hydrogen) atoms. The second kappa shape index (κ2) is 3.58. The molecular weight excluding hydrogens is 202 g/mol. The molecule has 1 aromatic rings. The topological polar surface area (TPSA) is 46.3 Å². The zero-order valence-corrected chi connectivity index (χ0v) is 7.91. The van der Waals surface area contributed by atoms with Gasteiger partial charge in [0, 0.05) is 18.3 Å². The highest BCUT2D eigenvalue weighted by Crippen LogP contribution is 2.22. The van der Waals surface area contributed by atoms with E-state index in [1.54, 1.807) is 0 Å². The average Bonchev–Trinajstić information content (AvgIpc) is 2.53. The maximum atomic E-state index is 12.9. The Bertz CT molecular complexity index is 408. The summed E-state index contributed by atoms with van der Waals surface area (Å²) in [5.74, 6) is -2.13. The van der Waals surface area contributed by atoms with Crippen molar-refractivity contribution in [3.8, 4) is 0 Å². The Morgan fingerprint density at radius 2 is 2.07 bits per heavy atom. The van der Waals surface area contributed by atoms with Gasteiger partial charge in [0.1, 0.15) is 0 Å². The molecule has 0 radical (unpaired) electrons. The van der Waals surface area contributed by atoms with Gasteiger partial charge in [-0.05, 0) is 18.6 Å². The van der Waals surface area contributed by atoms with Gasteiger partial charge in [-0.25, -0.2) is 8.78 Å². The number of nitrogens with two attached hydrogens (primary N) is 1. The van der Waals surface area contributed by atoms with Crippen LogP contribution in [-0.2, 0) is 4.79 Å². The van der Waals surface area contributed by atoms with Crippen molar-refractivity contribution in [3.05, 3.63) is 29.8 Å². The smallest absolute Gasteiger partial charge is 0.243 e. The third kappa shape index (κ3) is 1.70. The Morgan fingerprint density at radius 1 is 1.33 bits per heavy atom. The van der Waals surface area contributed by atoms with Crippen LogP contribution in [0.1, 0.15) is 6.42 Å². The molecule has 5 heteroatoms. The fourth-order valence-corrected chi connectivity index (χ4v) is 1.61. The summed E-state index contributed by atoms with van der Waals surface area (Å²) in [5.41, 5.74) is 5.87. The Balaban J connectivity index is 2.31. The predicted molar refractivity (Wildman–Crippen MR) is 51.3 cm³/mol. The van der Waals surface area contributed by atoms with Gasteiger partial charge in [-0.3, -0.25) is 4.79 Å². The summed E-state index contributed by atoms with van der Waals surface area (Å²) in [5, 5.41) is 0. The molecule has 1 heterocycles. The first-order valence-electron chi connectivity index (χ1n) is 4.61. The van der Waals surface area contributed by atoms with Gasteiger partial charge in [-0.15, -0.1) is 0 Å². The second-order valence-electron chi connectivity index (χ2n) is 3.48. The number of nitrogens with zero attached hydrogens (tertiary/aromatic N) is 1. The van der Waals surface area contributed by atoms with Crippen molar-refractivity contribution in [1.82, 2.24) is 0 Å². The number of carbonyl (C=O) groups is 1. The molecule has 0 aromatic heterocycles. The average molecular weight is 212 g/mol. The third-order valence-electron chi connectivity index (χ3n) is 2.46. The van der Waals surface area contributed by atoms with Crippen molar-refractivity contribution in [3.63, 3.8) is 0 Å². The van der Waals surface area contributed by atoms with Crippen LogP contribution in [-0.4, -0.2) is 18.5 Å². The van der Waals surface area contributed by atoms with Gasteiger partial charge in [0.2, 0.25) is 5.91 Å². The molecule has 1 saturated heterocycles. The number of benzene rings is 1. The van der Waals surface area contributed by atoms with E-state index in [1.807, 2.05) is 0 Å². The predicted octanol–water partition coefficient (Wildman–Crippen LogP) is 1.03. The molecule has 0 bridgehead atoms. The Kier molecular flexibility index (Phi) is 2.40. The maximum absolute atomic E-state index is 12.9. The zero-order valence-electron chi connectivity index (χ0n) is 7.91. The minimum absolute atomic E-state index is 0.249. The van der Waals surface area contributed by atoms with E-state index in [2.05, 4.69) is 0 Å². The minimum Gasteiger partial charge on any atom is -0.320 e. The van der Waals surface area contributed by atoms with E-state index in [0.29, 0.717) is 18.7 Å². The summed E-state index contributed by atoms with van der Waals surface area (Å²) in [6.07, 6.45) is 0.540. The fourth-order valence-electron chi connectivity index (χ4n) is 1.61. The molecule has 0 spiro atoms. The SMILES string of the molecule is NC1CCN(c2ccc(F)c(F)c2)C1=O. The van der Waals surface area contributed by atoms with Gasteiger partial charge in [0.05, 0.1) is 6.04 Å². The van der Waals surface area contributed by atoms with Crippen molar-refractivity contribution in [2.24, 2.45) is 5.73 Å². The second-order valence-corrected chi connectivity index (χ2v) is 3.48. The number of rotatable bonds is 1. The van der Waals surface area contributed by atoms with Crippen LogP contribution in [0.15, 0.2) is 18.2 Å². The molecule has 1 unspecified atom stereocenters. The molecule has 1 aliphatic heterocycles. The van der Waals surface area contributed by atoms with E-state index in [4.69, 9.17) is 5.73 Å². The highest BCUT2D eigenvalue weighted by Gasteiger charge is 2.29. The molecule has 1 amide bonds. The number of halogens is 2. The lowest BCUT2D eigenvalue weighted by molar-refractivity contribution is -0.118. The summed E-state index contributed by atoms with van der Waals surface area (Å²) < 4.78 is 25.6. The number of carbonyl (C=O) groups excluding carboxylic acids is 1. The number of hydrogen-bond donors (Lipinski definition) is 1. The summed E-state index contributed by atoms with van der Waals surface area (Å²) in [7, 11) is 0. The Hall–Kier alpha value is -1.49. The molecule has 2 rings (SSSR count). The summed E-state index contributed by atoms with van der Waals surface area (Å²) in [4.78, 5) is 12.9. The van der Waals surface area contributed by atoms with Gasteiger partial charge in [0.25, 0.3) is 0 Å². The van der Waals surface area contributed by atoms with Crippen molar-refractivity contribution >= 4 is 11.6 Å². The van der Waals surface area contributed by atoms with E-state index >= 15 is 0 Å². The van der Waals surface area contributed by atoms with Gasteiger partial charge in [0.15, 0.2) is 11.6 Å². The molecular formula is C10H10F2N2O. The largest absolute Gasteiger partial charge is 0.320 e. The van der Waals surface area contributed by atoms with Crippen molar-refractivity contribution < 1.29 is 13.6 Å². The van der Waals surface area contributed by atoms with Gasteiger partial charge in [-0.1, -0.05) is 0 Å². The lowest BCUT2D eigenvalue weighted by atomic mass is 10.2. The van der Waals surface area contributed by atoms with E-state index in [-0.39, 0.29) is 5.91 Å².